The molecular weight excluding hydrogens is 236 g/mol. The number of rotatable bonds is 5. The maximum atomic E-state index is 12.6. The second-order valence-corrected chi connectivity index (χ2v) is 5.18. The van der Waals surface area contributed by atoms with Gasteiger partial charge in [-0.1, -0.05) is 30.3 Å². The summed E-state index contributed by atoms with van der Waals surface area (Å²) in [6, 6.07) is 10.1. The second kappa shape index (κ2) is 4.65. The van der Waals surface area contributed by atoms with Crippen molar-refractivity contribution in [3.63, 3.8) is 0 Å². The molecule has 19 heavy (non-hydrogen) atoms. The number of Topliss-reactive ketones (excluding diaryl/α,β-unsaturated/α-hetero) is 1. The van der Waals surface area contributed by atoms with Crippen LogP contribution < -0.4 is 0 Å². The molecule has 0 saturated heterocycles. The fourth-order valence-corrected chi connectivity index (χ4v) is 2.72. The largest absolute Gasteiger partial charge is 0.335 e. The van der Waals surface area contributed by atoms with Gasteiger partial charge in [-0.15, -0.1) is 0 Å². The predicted octanol–water partition coefficient (Wildman–Crippen LogP) is 2.75. The third-order valence-corrected chi connectivity index (χ3v) is 4.07. The van der Waals surface area contributed by atoms with Crippen LogP contribution in [0, 0.1) is 0 Å². The van der Waals surface area contributed by atoms with Gasteiger partial charge in [-0.25, -0.2) is 4.98 Å². The zero-order valence-corrected chi connectivity index (χ0v) is 11.2. The molecule has 0 aliphatic heterocycles. The smallest absolute Gasteiger partial charge is 0.150 e. The van der Waals surface area contributed by atoms with Crippen molar-refractivity contribution >= 4 is 5.78 Å². The van der Waals surface area contributed by atoms with Gasteiger partial charge in [0.1, 0.15) is 5.82 Å². The highest BCUT2D eigenvalue weighted by atomic mass is 16.1. The van der Waals surface area contributed by atoms with E-state index in [0.717, 1.165) is 30.8 Å². The molecule has 1 aromatic heterocycles. The van der Waals surface area contributed by atoms with E-state index in [4.69, 9.17) is 0 Å². The van der Waals surface area contributed by atoms with Gasteiger partial charge in [0, 0.05) is 18.9 Å². The standard InChI is InChI=1S/C16H18N2O/c1-2-18-11-10-17-15(18)12-14(19)16(8-9-16)13-6-4-3-5-7-13/h3-7,10-11H,2,8-9,12H2,1H3. The number of aryl methyl sites for hydroxylation is 1. The summed E-state index contributed by atoms with van der Waals surface area (Å²) in [5.41, 5.74) is 0.931. The SMILES string of the molecule is CCn1ccnc1CC(=O)C1(c2ccccc2)CC1. The molecule has 1 saturated carbocycles. The van der Waals surface area contributed by atoms with Crippen LogP contribution in [0.2, 0.25) is 0 Å². The number of nitrogens with zero attached hydrogens (tertiary/aromatic N) is 2. The van der Waals surface area contributed by atoms with Gasteiger partial charge in [0.05, 0.1) is 11.8 Å². The summed E-state index contributed by atoms with van der Waals surface area (Å²) in [6.07, 6.45) is 6.10. The number of ketones is 1. The van der Waals surface area contributed by atoms with Crippen molar-refractivity contribution in [3.05, 3.63) is 54.1 Å². The molecule has 0 N–H and O–H groups in total. The van der Waals surface area contributed by atoms with Crippen molar-refractivity contribution in [1.29, 1.82) is 0 Å². The van der Waals surface area contributed by atoms with E-state index in [9.17, 15) is 4.79 Å². The molecule has 0 bridgehead atoms. The number of benzene rings is 1. The topological polar surface area (TPSA) is 34.9 Å². The highest BCUT2D eigenvalue weighted by molar-refractivity contribution is 5.94. The fraction of sp³-hybridized carbons (Fsp3) is 0.375. The Kier molecular flexibility index (Phi) is 2.97. The number of carbonyl (C=O) groups excluding carboxylic acids is 1. The van der Waals surface area contributed by atoms with E-state index < -0.39 is 0 Å². The van der Waals surface area contributed by atoms with Crippen molar-refractivity contribution in [3.8, 4) is 0 Å². The summed E-state index contributed by atoms with van der Waals surface area (Å²) >= 11 is 0. The van der Waals surface area contributed by atoms with Gasteiger partial charge < -0.3 is 4.57 Å². The summed E-state index contributed by atoms with van der Waals surface area (Å²) in [4.78, 5) is 16.9. The van der Waals surface area contributed by atoms with Gasteiger partial charge >= 0.3 is 0 Å². The molecule has 0 amide bonds. The van der Waals surface area contributed by atoms with Crippen LogP contribution in [0.15, 0.2) is 42.7 Å². The first-order valence-corrected chi connectivity index (χ1v) is 6.85. The minimum atomic E-state index is -0.230. The van der Waals surface area contributed by atoms with Crippen LogP contribution in [0.25, 0.3) is 0 Å². The number of carbonyl (C=O) groups is 1. The molecule has 1 aromatic carbocycles. The third-order valence-electron chi connectivity index (χ3n) is 4.07. The van der Waals surface area contributed by atoms with Gasteiger partial charge in [0.2, 0.25) is 0 Å². The number of imidazole rings is 1. The lowest BCUT2D eigenvalue weighted by Gasteiger charge is -2.14. The van der Waals surface area contributed by atoms with E-state index >= 15 is 0 Å². The highest BCUT2D eigenvalue weighted by Gasteiger charge is 2.50. The number of aromatic nitrogens is 2. The van der Waals surface area contributed by atoms with Crippen LogP contribution in [0.1, 0.15) is 31.2 Å². The second-order valence-electron chi connectivity index (χ2n) is 5.18. The zero-order chi connectivity index (χ0) is 13.3. The maximum Gasteiger partial charge on any atom is 0.150 e. The Bertz CT molecular complexity index is 582. The van der Waals surface area contributed by atoms with Crippen LogP contribution in [0.5, 0.6) is 0 Å². The van der Waals surface area contributed by atoms with Crippen LogP contribution in [0.4, 0.5) is 0 Å². The lowest BCUT2D eigenvalue weighted by Crippen LogP contribution is -2.24. The van der Waals surface area contributed by atoms with Gasteiger partial charge in [-0.2, -0.15) is 0 Å². The first-order valence-electron chi connectivity index (χ1n) is 6.85. The summed E-state index contributed by atoms with van der Waals surface area (Å²) < 4.78 is 2.04. The molecule has 3 heteroatoms. The normalized spacial score (nSPS) is 16.3. The van der Waals surface area contributed by atoms with Crippen molar-refractivity contribution in [2.45, 2.75) is 38.1 Å². The lowest BCUT2D eigenvalue weighted by molar-refractivity contribution is -0.121. The maximum absolute atomic E-state index is 12.6. The Balaban J connectivity index is 1.82. The van der Waals surface area contributed by atoms with Crippen LogP contribution in [-0.2, 0) is 23.2 Å². The van der Waals surface area contributed by atoms with Crippen LogP contribution >= 0.6 is 0 Å². The van der Waals surface area contributed by atoms with E-state index in [1.165, 1.54) is 0 Å². The minimum absolute atomic E-state index is 0.230. The third kappa shape index (κ3) is 2.09. The molecule has 1 aliphatic carbocycles. The molecule has 3 rings (SSSR count). The Morgan fingerprint density at radius 2 is 2.05 bits per heavy atom. The summed E-state index contributed by atoms with van der Waals surface area (Å²) in [5.74, 6) is 1.19. The fourth-order valence-electron chi connectivity index (χ4n) is 2.72. The first-order chi connectivity index (χ1) is 9.26. The lowest BCUT2D eigenvalue weighted by atomic mass is 9.89. The number of hydrogen-bond acceptors (Lipinski definition) is 2. The minimum Gasteiger partial charge on any atom is -0.335 e. The van der Waals surface area contributed by atoms with Gasteiger partial charge in [-0.3, -0.25) is 4.79 Å². The predicted molar refractivity (Wildman–Crippen MR) is 74.0 cm³/mol. The summed E-state index contributed by atoms with van der Waals surface area (Å²) in [5, 5.41) is 0. The zero-order valence-electron chi connectivity index (χ0n) is 11.2. The first kappa shape index (κ1) is 12.2. The molecule has 2 aromatic rings. The molecule has 1 heterocycles. The van der Waals surface area contributed by atoms with E-state index in [1.807, 2.05) is 29.0 Å². The van der Waals surface area contributed by atoms with Gasteiger partial charge in [-0.05, 0) is 25.3 Å². The summed E-state index contributed by atoms with van der Waals surface area (Å²) in [6.45, 7) is 2.93. The van der Waals surface area contributed by atoms with Crippen molar-refractivity contribution in [2.75, 3.05) is 0 Å². The highest BCUT2D eigenvalue weighted by Crippen LogP contribution is 2.49. The molecule has 1 aliphatic rings. The van der Waals surface area contributed by atoms with Crippen molar-refractivity contribution in [1.82, 2.24) is 9.55 Å². The van der Waals surface area contributed by atoms with Crippen molar-refractivity contribution in [2.24, 2.45) is 0 Å². The van der Waals surface area contributed by atoms with E-state index in [0.29, 0.717) is 12.2 Å². The summed E-state index contributed by atoms with van der Waals surface area (Å²) in [7, 11) is 0. The molecule has 3 nitrogen and oxygen atoms in total. The molecular formula is C16H18N2O. The van der Waals surface area contributed by atoms with Gasteiger partial charge in [0.15, 0.2) is 5.78 Å². The Hall–Kier alpha value is -1.90. The molecule has 1 fully saturated rings. The van der Waals surface area contributed by atoms with E-state index in [1.54, 1.807) is 6.20 Å². The van der Waals surface area contributed by atoms with Gasteiger partial charge in [0.25, 0.3) is 0 Å². The monoisotopic (exact) mass is 254 g/mol. The molecule has 98 valence electrons. The Morgan fingerprint density at radius 3 is 2.68 bits per heavy atom. The molecule has 0 unspecified atom stereocenters. The van der Waals surface area contributed by atoms with E-state index in [2.05, 4.69) is 24.0 Å². The molecule has 0 atom stereocenters. The van der Waals surface area contributed by atoms with Crippen LogP contribution in [-0.4, -0.2) is 15.3 Å². The number of hydrogen-bond donors (Lipinski definition) is 0. The van der Waals surface area contributed by atoms with Crippen molar-refractivity contribution < 1.29 is 4.79 Å². The molecule has 0 spiro atoms. The Labute approximate surface area is 113 Å². The molecule has 0 radical (unpaired) electrons. The average molecular weight is 254 g/mol. The average Bonchev–Trinajstić information content (AvgIpc) is 3.15. The quantitative estimate of drug-likeness (QED) is 0.822. The van der Waals surface area contributed by atoms with E-state index in [-0.39, 0.29) is 5.41 Å². The van der Waals surface area contributed by atoms with Crippen LogP contribution in [0.3, 0.4) is 0 Å². The Morgan fingerprint density at radius 1 is 1.32 bits per heavy atom.